The molecule has 1 fully saturated rings. The van der Waals surface area contributed by atoms with Gasteiger partial charge in [0.15, 0.2) is 0 Å². The van der Waals surface area contributed by atoms with Gasteiger partial charge < -0.3 is 5.32 Å². The third-order valence-corrected chi connectivity index (χ3v) is 7.42. The molecule has 0 atom stereocenters. The van der Waals surface area contributed by atoms with E-state index >= 15 is 0 Å². The molecule has 0 saturated carbocycles. The number of sulfonamides is 1. The highest BCUT2D eigenvalue weighted by molar-refractivity contribution is 9.10. The molecule has 1 aliphatic heterocycles. The fourth-order valence-corrected chi connectivity index (χ4v) is 4.68. The number of aromatic amines is 1. The summed E-state index contributed by atoms with van der Waals surface area (Å²) in [5.41, 5.74) is 2.19. The van der Waals surface area contributed by atoms with Gasteiger partial charge in [0.1, 0.15) is 11.6 Å². The van der Waals surface area contributed by atoms with Crippen molar-refractivity contribution in [2.75, 3.05) is 18.8 Å². The highest BCUT2D eigenvalue weighted by Gasteiger charge is 2.28. The summed E-state index contributed by atoms with van der Waals surface area (Å²) in [4.78, 5) is 12.6. The van der Waals surface area contributed by atoms with Gasteiger partial charge in [0.05, 0.1) is 17.6 Å². The smallest absolute Gasteiger partial charge is 0.262 e. The van der Waals surface area contributed by atoms with Crippen molar-refractivity contribution < 1.29 is 13.2 Å². The average Bonchev–Trinajstić information content (AvgIpc) is 3.21. The molecule has 0 spiro atoms. The number of piperidine rings is 1. The van der Waals surface area contributed by atoms with Crippen LogP contribution in [0.2, 0.25) is 0 Å². The van der Waals surface area contributed by atoms with Gasteiger partial charge in [0.2, 0.25) is 10.0 Å². The maximum atomic E-state index is 12.6. The Bertz CT molecular complexity index is 1080. The van der Waals surface area contributed by atoms with Crippen LogP contribution in [0.1, 0.15) is 25.3 Å². The van der Waals surface area contributed by atoms with Crippen LogP contribution in [0.5, 0.6) is 0 Å². The van der Waals surface area contributed by atoms with Crippen molar-refractivity contribution in [2.45, 2.75) is 25.8 Å². The number of amides is 1. The Balaban J connectivity index is 1.69. The van der Waals surface area contributed by atoms with Crippen LogP contribution in [0, 0.1) is 11.3 Å². The first kappa shape index (κ1) is 22.2. The predicted molar refractivity (Wildman–Crippen MR) is 118 cm³/mol. The fourth-order valence-electron chi connectivity index (χ4n) is 3.28. The van der Waals surface area contributed by atoms with Crippen LogP contribution < -0.4 is 5.32 Å². The fraction of sp³-hybridized carbons (Fsp3) is 0.350. The number of carbonyl (C=O) groups excluding carboxylic acids is 1. The quantitative estimate of drug-likeness (QED) is 0.475. The van der Waals surface area contributed by atoms with E-state index in [0.717, 1.165) is 10.0 Å². The first-order valence-corrected chi connectivity index (χ1v) is 11.9. The van der Waals surface area contributed by atoms with Crippen LogP contribution >= 0.6 is 15.9 Å². The van der Waals surface area contributed by atoms with Gasteiger partial charge >= 0.3 is 0 Å². The summed E-state index contributed by atoms with van der Waals surface area (Å²) in [6.07, 6.45) is 4.10. The molecule has 0 unspecified atom stereocenters. The molecule has 30 heavy (non-hydrogen) atoms. The molecule has 1 aromatic heterocycles. The molecule has 2 heterocycles. The molecule has 1 saturated heterocycles. The Kier molecular flexibility index (Phi) is 7.07. The molecule has 0 aliphatic carbocycles. The van der Waals surface area contributed by atoms with Crippen LogP contribution in [0.3, 0.4) is 0 Å². The van der Waals surface area contributed by atoms with E-state index in [0.29, 0.717) is 37.2 Å². The minimum atomic E-state index is -3.22. The van der Waals surface area contributed by atoms with E-state index in [4.69, 9.17) is 0 Å². The van der Waals surface area contributed by atoms with E-state index in [1.54, 1.807) is 13.1 Å². The summed E-state index contributed by atoms with van der Waals surface area (Å²) in [6, 6.07) is 9.37. The molecule has 1 amide bonds. The van der Waals surface area contributed by atoms with E-state index in [9.17, 15) is 18.5 Å². The van der Waals surface area contributed by atoms with Gasteiger partial charge in [-0.1, -0.05) is 28.1 Å². The zero-order valence-electron chi connectivity index (χ0n) is 16.4. The number of rotatable bonds is 6. The number of H-pyrrole nitrogens is 1. The molecule has 3 rings (SSSR count). The predicted octanol–water partition coefficient (Wildman–Crippen LogP) is 2.68. The summed E-state index contributed by atoms with van der Waals surface area (Å²) in [5.74, 6) is -0.409. The number of nitrogens with zero attached hydrogens (tertiary/aromatic N) is 3. The van der Waals surface area contributed by atoms with Gasteiger partial charge in [0, 0.05) is 34.7 Å². The highest BCUT2D eigenvalue weighted by atomic mass is 79.9. The Hall–Kier alpha value is -2.48. The molecule has 1 aromatic carbocycles. The molecular weight excluding hydrogens is 470 g/mol. The Morgan fingerprint density at radius 3 is 2.63 bits per heavy atom. The molecule has 2 N–H and O–H groups in total. The summed E-state index contributed by atoms with van der Waals surface area (Å²) >= 11 is 3.39. The lowest BCUT2D eigenvalue weighted by molar-refractivity contribution is -0.117. The van der Waals surface area contributed by atoms with E-state index in [1.165, 1.54) is 10.4 Å². The Morgan fingerprint density at radius 2 is 2.03 bits per heavy atom. The van der Waals surface area contributed by atoms with Gasteiger partial charge in [-0.15, -0.1) is 0 Å². The van der Waals surface area contributed by atoms with Crippen LogP contribution in [-0.4, -0.2) is 53.7 Å². The van der Waals surface area contributed by atoms with Crippen molar-refractivity contribution in [3.8, 4) is 17.3 Å². The zero-order chi connectivity index (χ0) is 21.7. The zero-order valence-corrected chi connectivity index (χ0v) is 18.8. The van der Waals surface area contributed by atoms with Crippen molar-refractivity contribution >= 4 is 37.9 Å². The van der Waals surface area contributed by atoms with Crippen molar-refractivity contribution in [1.29, 1.82) is 5.26 Å². The minimum absolute atomic E-state index is 0.0293. The number of carbonyl (C=O) groups is 1. The van der Waals surface area contributed by atoms with Crippen LogP contribution in [-0.2, 0) is 14.8 Å². The summed E-state index contributed by atoms with van der Waals surface area (Å²) in [5, 5.41) is 19.3. The topological polar surface area (TPSA) is 119 Å². The maximum Gasteiger partial charge on any atom is 0.262 e. The van der Waals surface area contributed by atoms with E-state index < -0.39 is 15.9 Å². The number of hydrogen-bond acceptors (Lipinski definition) is 5. The Labute approximate surface area is 184 Å². The van der Waals surface area contributed by atoms with Gasteiger partial charge in [-0.05, 0) is 38.0 Å². The molecule has 8 nitrogen and oxygen atoms in total. The molecular formula is C20H22BrN5O3S. The van der Waals surface area contributed by atoms with Crippen LogP contribution in [0.4, 0.5) is 0 Å². The lowest BCUT2D eigenvalue weighted by atomic mass is 10.0. The van der Waals surface area contributed by atoms with Crippen LogP contribution in [0.25, 0.3) is 17.3 Å². The minimum Gasteiger partial charge on any atom is -0.349 e. The van der Waals surface area contributed by atoms with Crippen molar-refractivity contribution in [1.82, 2.24) is 19.8 Å². The third kappa shape index (κ3) is 5.16. The van der Waals surface area contributed by atoms with E-state index in [1.807, 2.05) is 30.3 Å². The normalized spacial score (nSPS) is 16.2. The number of benzene rings is 1. The standard InChI is InChI=1S/C20H22BrN5O3S/c1-2-30(28,29)26-9-7-18(8-10-26)24-20(27)15(12-22)11-16-13-23-25-19(16)14-3-5-17(21)6-4-14/h3-6,11,13,18H,2,7-10H2,1H3,(H,23,25)(H,24,27)/b15-11-. The summed E-state index contributed by atoms with van der Waals surface area (Å²) in [7, 11) is -3.22. The number of halogens is 1. The average molecular weight is 492 g/mol. The molecule has 0 bridgehead atoms. The van der Waals surface area contributed by atoms with Gasteiger partial charge in [-0.25, -0.2) is 12.7 Å². The SMILES string of the molecule is CCS(=O)(=O)N1CCC(NC(=O)/C(C#N)=C\c2cn[nH]c2-c2ccc(Br)cc2)CC1. The van der Waals surface area contributed by atoms with Gasteiger partial charge in [-0.3, -0.25) is 9.89 Å². The van der Waals surface area contributed by atoms with Crippen molar-refractivity contribution in [3.63, 3.8) is 0 Å². The Morgan fingerprint density at radius 1 is 1.37 bits per heavy atom. The number of nitrogens with one attached hydrogen (secondary N) is 2. The van der Waals surface area contributed by atoms with Gasteiger partial charge in [-0.2, -0.15) is 10.4 Å². The highest BCUT2D eigenvalue weighted by Crippen LogP contribution is 2.25. The van der Waals surface area contributed by atoms with Gasteiger partial charge in [0.25, 0.3) is 5.91 Å². The number of hydrogen-bond donors (Lipinski definition) is 2. The third-order valence-electron chi connectivity index (χ3n) is 5.01. The lowest BCUT2D eigenvalue weighted by Gasteiger charge is -2.31. The first-order chi connectivity index (χ1) is 14.3. The van der Waals surface area contributed by atoms with Crippen LogP contribution in [0.15, 0.2) is 40.5 Å². The molecule has 1 aliphatic rings. The second-order valence-corrected chi connectivity index (χ2v) is 10.1. The van der Waals surface area contributed by atoms with Crippen molar-refractivity contribution in [2.24, 2.45) is 0 Å². The first-order valence-electron chi connectivity index (χ1n) is 9.54. The second kappa shape index (κ2) is 9.55. The number of nitriles is 1. The van der Waals surface area contributed by atoms with E-state index in [2.05, 4.69) is 31.4 Å². The molecule has 158 valence electrons. The lowest BCUT2D eigenvalue weighted by Crippen LogP contribution is -2.47. The largest absolute Gasteiger partial charge is 0.349 e. The van der Waals surface area contributed by atoms with Crippen molar-refractivity contribution in [3.05, 3.63) is 46.1 Å². The molecule has 10 heteroatoms. The van der Waals surface area contributed by atoms with E-state index in [-0.39, 0.29) is 17.4 Å². The second-order valence-electron chi connectivity index (χ2n) is 6.92. The summed E-state index contributed by atoms with van der Waals surface area (Å²) < 4.78 is 26.3. The molecule has 0 radical (unpaired) electrons. The monoisotopic (exact) mass is 491 g/mol. The number of aromatic nitrogens is 2. The maximum absolute atomic E-state index is 12.6. The summed E-state index contributed by atoms with van der Waals surface area (Å²) in [6.45, 7) is 2.34. The molecule has 2 aromatic rings.